The maximum absolute atomic E-state index is 9.03. The first kappa shape index (κ1) is 11.2. The minimum atomic E-state index is -0.345. The van der Waals surface area contributed by atoms with E-state index in [-0.39, 0.29) is 12.6 Å². The summed E-state index contributed by atoms with van der Waals surface area (Å²) in [5.41, 5.74) is 7.65. The third-order valence-corrected chi connectivity index (χ3v) is 3.61. The van der Waals surface area contributed by atoms with Gasteiger partial charge in [-0.15, -0.1) is 11.3 Å². The van der Waals surface area contributed by atoms with Gasteiger partial charge in [0.05, 0.1) is 18.3 Å². The second-order valence-electron chi connectivity index (χ2n) is 3.50. The number of hydrogen-bond acceptors (Lipinski definition) is 5. The van der Waals surface area contributed by atoms with Crippen molar-refractivity contribution in [1.82, 2.24) is 9.97 Å². The Hall–Kier alpha value is -1.30. The summed E-state index contributed by atoms with van der Waals surface area (Å²) in [5.74, 6) is 0. The van der Waals surface area contributed by atoms with Crippen molar-refractivity contribution in [3.8, 4) is 10.6 Å². The molecule has 5 heteroatoms. The summed E-state index contributed by atoms with van der Waals surface area (Å²) in [6.45, 7) is 1.84. The van der Waals surface area contributed by atoms with Crippen LogP contribution in [0.2, 0.25) is 0 Å². The standard InChI is InChI=1S/C11H13N3OS/c1-7-10(9(12)6-15)16-11(14-7)8-3-2-4-13-5-8/h2-5,9,15H,6,12H2,1H3. The molecule has 0 bridgehead atoms. The minimum Gasteiger partial charge on any atom is -0.394 e. The summed E-state index contributed by atoms with van der Waals surface area (Å²) in [7, 11) is 0. The van der Waals surface area contributed by atoms with Crippen LogP contribution in [0.1, 0.15) is 16.6 Å². The molecule has 3 N–H and O–H groups in total. The quantitative estimate of drug-likeness (QED) is 0.845. The Bertz CT molecular complexity index is 469. The Morgan fingerprint density at radius 2 is 2.38 bits per heavy atom. The highest BCUT2D eigenvalue weighted by Crippen LogP contribution is 2.30. The molecule has 0 aliphatic rings. The van der Waals surface area contributed by atoms with Gasteiger partial charge in [-0.25, -0.2) is 4.98 Å². The minimum absolute atomic E-state index is 0.0600. The molecule has 0 fully saturated rings. The number of aryl methyl sites for hydroxylation is 1. The van der Waals surface area contributed by atoms with Crippen LogP contribution in [0.15, 0.2) is 24.5 Å². The number of aliphatic hydroxyl groups excluding tert-OH is 1. The molecule has 4 nitrogen and oxygen atoms in total. The fourth-order valence-corrected chi connectivity index (χ4v) is 2.50. The smallest absolute Gasteiger partial charge is 0.125 e. The Morgan fingerprint density at radius 1 is 1.56 bits per heavy atom. The number of hydrogen-bond donors (Lipinski definition) is 2. The molecule has 0 amide bonds. The van der Waals surface area contributed by atoms with Crippen molar-refractivity contribution in [2.24, 2.45) is 5.73 Å². The third-order valence-electron chi connectivity index (χ3n) is 2.27. The summed E-state index contributed by atoms with van der Waals surface area (Å²) < 4.78 is 0. The first-order valence-corrected chi connectivity index (χ1v) is 5.78. The molecule has 2 heterocycles. The number of nitrogens with two attached hydrogens (primary N) is 1. The van der Waals surface area contributed by atoms with Crippen molar-refractivity contribution in [2.75, 3.05) is 6.61 Å². The number of aliphatic hydroxyl groups is 1. The number of rotatable bonds is 3. The van der Waals surface area contributed by atoms with Gasteiger partial charge < -0.3 is 10.8 Å². The van der Waals surface area contributed by atoms with Gasteiger partial charge in [-0.2, -0.15) is 0 Å². The molecule has 2 aromatic heterocycles. The zero-order chi connectivity index (χ0) is 11.5. The van der Waals surface area contributed by atoms with Crippen LogP contribution in [0, 0.1) is 6.92 Å². The Balaban J connectivity index is 2.38. The van der Waals surface area contributed by atoms with Crippen molar-refractivity contribution < 1.29 is 5.11 Å². The second-order valence-corrected chi connectivity index (χ2v) is 4.53. The third kappa shape index (κ3) is 2.11. The molecule has 1 unspecified atom stereocenters. The molecule has 0 aliphatic carbocycles. The van der Waals surface area contributed by atoms with E-state index in [9.17, 15) is 0 Å². The molecule has 0 radical (unpaired) electrons. The summed E-state index contributed by atoms with van der Waals surface area (Å²) in [6, 6.07) is 3.49. The first-order chi connectivity index (χ1) is 7.72. The molecule has 0 aliphatic heterocycles. The van der Waals surface area contributed by atoms with Crippen LogP contribution in [0.25, 0.3) is 10.6 Å². The fraction of sp³-hybridized carbons (Fsp3) is 0.273. The second kappa shape index (κ2) is 4.69. The van der Waals surface area contributed by atoms with Crippen LogP contribution in [-0.2, 0) is 0 Å². The van der Waals surface area contributed by atoms with Crippen LogP contribution < -0.4 is 5.73 Å². The van der Waals surface area contributed by atoms with E-state index in [0.717, 1.165) is 21.1 Å². The molecule has 1 atom stereocenters. The molecule has 0 spiro atoms. The van der Waals surface area contributed by atoms with E-state index in [0.29, 0.717) is 0 Å². The summed E-state index contributed by atoms with van der Waals surface area (Å²) in [4.78, 5) is 9.42. The van der Waals surface area contributed by atoms with Gasteiger partial charge in [-0.1, -0.05) is 0 Å². The van der Waals surface area contributed by atoms with E-state index in [1.807, 2.05) is 19.1 Å². The van der Waals surface area contributed by atoms with Crippen LogP contribution in [-0.4, -0.2) is 21.7 Å². The number of thiazole rings is 1. The van der Waals surface area contributed by atoms with E-state index in [2.05, 4.69) is 9.97 Å². The SMILES string of the molecule is Cc1nc(-c2cccnc2)sc1C(N)CO. The zero-order valence-corrected chi connectivity index (χ0v) is 9.74. The molecule has 0 aromatic carbocycles. The van der Waals surface area contributed by atoms with Crippen molar-refractivity contribution in [1.29, 1.82) is 0 Å². The van der Waals surface area contributed by atoms with Crippen LogP contribution in [0.5, 0.6) is 0 Å². The fourth-order valence-electron chi connectivity index (χ4n) is 1.45. The summed E-state index contributed by atoms with van der Waals surface area (Å²) in [5, 5.41) is 9.93. The highest BCUT2D eigenvalue weighted by molar-refractivity contribution is 7.15. The number of aromatic nitrogens is 2. The van der Waals surface area contributed by atoms with Gasteiger partial charge in [0.15, 0.2) is 0 Å². The van der Waals surface area contributed by atoms with Crippen LogP contribution >= 0.6 is 11.3 Å². The predicted molar refractivity (Wildman–Crippen MR) is 64.1 cm³/mol. The highest BCUT2D eigenvalue weighted by Gasteiger charge is 2.14. The molecular weight excluding hydrogens is 222 g/mol. The van der Waals surface area contributed by atoms with Crippen molar-refractivity contribution in [3.63, 3.8) is 0 Å². The van der Waals surface area contributed by atoms with E-state index < -0.39 is 0 Å². The van der Waals surface area contributed by atoms with Gasteiger partial charge >= 0.3 is 0 Å². The van der Waals surface area contributed by atoms with Crippen LogP contribution in [0.3, 0.4) is 0 Å². The van der Waals surface area contributed by atoms with Gasteiger partial charge in [-0.05, 0) is 19.1 Å². The average Bonchev–Trinajstić information content (AvgIpc) is 2.71. The first-order valence-electron chi connectivity index (χ1n) is 4.96. The zero-order valence-electron chi connectivity index (χ0n) is 8.92. The molecule has 2 aromatic rings. The average molecular weight is 235 g/mol. The lowest BCUT2D eigenvalue weighted by atomic mass is 10.2. The molecular formula is C11H13N3OS. The van der Waals surface area contributed by atoms with Gasteiger partial charge in [-0.3, -0.25) is 4.98 Å². The van der Waals surface area contributed by atoms with Gasteiger partial charge in [0.1, 0.15) is 5.01 Å². The lowest BCUT2D eigenvalue weighted by Crippen LogP contribution is -2.13. The maximum atomic E-state index is 9.03. The van der Waals surface area contributed by atoms with Crippen molar-refractivity contribution in [3.05, 3.63) is 35.1 Å². The maximum Gasteiger partial charge on any atom is 0.125 e. The molecule has 16 heavy (non-hydrogen) atoms. The number of pyridine rings is 1. The van der Waals surface area contributed by atoms with E-state index in [1.54, 1.807) is 12.4 Å². The topological polar surface area (TPSA) is 72.0 Å². The highest BCUT2D eigenvalue weighted by atomic mass is 32.1. The lowest BCUT2D eigenvalue weighted by molar-refractivity contribution is 0.269. The normalized spacial score (nSPS) is 12.7. The monoisotopic (exact) mass is 235 g/mol. The van der Waals surface area contributed by atoms with Crippen molar-refractivity contribution in [2.45, 2.75) is 13.0 Å². The van der Waals surface area contributed by atoms with E-state index in [1.165, 1.54) is 11.3 Å². The Kier molecular flexibility index (Phi) is 3.28. The van der Waals surface area contributed by atoms with Crippen molar-refractivity contribution >= 4 is 11.3 Å². The predicted octanol–water partition coefficient (Wildman–Crippen LogP) is 1.51. The van der Waals surface area contributed by atoms with Gasteiger partial charge in [0.2, 0.25) is 0 Å². The summed E-state index contributed by atoms with van der Waals surface area (Å²) in [6.07, 6.45) is 3.50. The largest absolute Gasteiger partial charge is 0.394 e. The lowest BCUT2D eigenvalue weighted by Gasteiger charge is -2.04. The van der Waals surface area contributed by atoms with E-state index >= 15 is 0 Å². The number of nitrogens with zero attached hydrogens (tertiary/aromatic N) is 2. The molecule has 84 valence electrons. The molecule has 0 saturated heterocycles. The van der Waals surface area contributed by atoms with E-state index in [4.69, 9.17) is 10.8 Å². The van der Waals surface area contributed by atoms with Gasteiger partial charge in [0, 0.05) is 22.8 Å². The molecule has 2 rings (SSSR count). The Labute approximate surface area is 97.8 Å². The molecule has 0 saturated carbocycles. The van der Waals surface area contributed by atoms with Crippen LogP contribution in [0.4, 0.5) is 0 Å². The summed E-state index contributed by atoms with van der Waals surface area (Å²) >= 11 is 1.51. The van der Waals surface area contributed by atoms with Gasteiger partial charge in [0.25, 0.3) is 0 Å². The Morgan fingerprint density at radius 3 is 3.00 bits per heavy atom.